The minimum Gasteiger partial charge on any atom is -0.481 e. The topological polar surface area (TPSA) is 78.9 Å². The Morgan fingerprint density at radius 2 is 2.19 bits per heavy atom. The molecule has 21 heavy (non-hydrogen) atoms. The van der Waals surface area contributed by atoms with E-state index in [2.05, 4.69) is 5.32 Å². The van der Waals surface area contributed by atoms with Crippen molar-refractivity contribution in [1.29, 1.82) is 0 Å². The summed E-state index contributed by atoms with van der Waals surface area (Å²) in [6.07, 6.45) is 1.60. The van der Waals surface area contributed by atoms with Crippen molar-refractivity contribution in [2.75, 3.05) is 13.2 Å². The molecule has 1 fully saturated rings. The Morgan fingerprint density at radius 1 is 1.48 bits per heavy atom. The molecule has 1 aliphatic heterocycles. The van der Waals surface area contributed by atoms with Crippen molar-refractivity contribution in [2.45, 2.75) is 6.92 Å². The van der Waals surface area contributed by atoms with Crippen molar-refractivity contribution in [3.05, 3.63) is 35.5 Å². The maximum atomic E-state index is 12.1. The highest BCUT2D eigenvalue weighted by atomic mass is 32.1. The lowest BCUT2D eigenvalue weighted by Crippen LogP contribution is -2.30. The predicted octanol–water partition coefficient (Wildman–Crippen LogP) is 1.23. The van der Waals surface area contributed by atoms with Crippen LogP contribution in [-0.4, -0.2) is 40.1 Å². The molecule has 1 aromatic carbocycles. The molecule has 0 unspecified atom stereocenters. The first kappa shape index (κ1) is 15.0. The lowest BCUT2D eigenvalue weighted by Gasteiger charge is -2.09. The van der Waals surface area contributed by atoms with Gasteiger partial charge in [-0.25, -0.2) is 4.79 Å². The SMILES string of the molecule is CCN1C(=O)/C(=C/c2ccccc2OCC(=O)O)NC1=S. The molecule has 0 saturated carbocycles. The molecule has 0 radical (unpaired) electrons. The first-order valence-corrected chi connectivity index (χ1v) is 6.72. The molecule has 0 aliphatic carbocycles. The number of thiocarbonyl (C=S) groups is 1. The molecule has 1 amide bonds. The van der Waals surface area contributed by atoms with E-state index in [1.165, 1.54) is 4.90 Å². The van der Waals surface area contributed by atoms with Gasteiger partial charge in [0.1, 0.15) is 11.4 Å². The Hall–Kier alpha value is -2.41. The Balaban J connectivity index is 2.27. The normalized spacial score (nSPS) is 16.2. The first-order valence-electron chi connectivity index (χ1n) is 6.31. The fraction of sp³-hybridized carbons (Fsp3) is 0.214. The van der Waals surface area contributed by atoms with Crippen molar-refractivity contribution >= 4 is 35.3 Å². The van der Waals surface area contributed by atoms with E-state index in [-0.39, 0.29) is 5.91 Å². The lowest BCUT2D eigenvalue weighted by molar-refractivity contribution is -0.139. The highest BCUT2D eigenvalue weighted by molar-refractivity contribution is 7.80. The fourth-order valence-electron chi connectivity index (χ4n) is 1.89. The molecule has 0 atom stereocenters. The summed E-state index contributed by atoms with van der Waals surface area (Å²) < 4.78 is 5.19. The van der Waals surface area contributed by atoms with E-state index in [0.717, 1.165) is 0 Å². The van der Waals surface area contributed by atoms with Crippen LogP contribution in [-0.2, 0) is 9.59 Å². The van der Waals surface area contributed by atoms with E-state index in [0.29, 0.717) is 28.7 Å². The van der Waals surface area contributed by atoms with Gasteiger partial charge in [0.2, 0.25) is 0 Å². The van der Waals surface area contributed by atoms with E-state index in [1.54, 1.807) is 30.3 Å². The first-order chi connectivity index (χ1) is 10.0. The minimum atomic E-state index is -1.06. The number of ether oxygens (including phenoxy) is 1. The molecule has 7 heteroatoms. The van der Waals surface area contributed by atoms with Gasteiger partial charge in [-0.2, -0.15) is 0 Å². The van der Waals surface area contributed by atoms with Crippen molar-refractivity contribution in [3.8, 4) is 5.75 Å². The number of hydrogen-bond acceptors (Lipinski definition) is 4. The quantitative estimate of drug-likeness (QED) is 0.629. The third-order valence-electron chi connectivity index (χ3n) is 2.85. The molecular weight excluding hydrogens is 292 g/mol. The second kappa shape index (κ2) is 6.36. The van der Waals surface area contributed by atoms with Crippen LogP contribution in [0.4, 0.5) is 0 Å². The van der Waals surface area contributed by atoms with Gasteiger partial charge in [-0.1, -0.05) is 18.2 Å². The standard InChI is InChI=1S/C14H14N2O4S/c1-2-16-13(19)10(15-14(16)21)7-9-5-3-4-6-11(9)20-8-12(17)18/h3-7H,2,8H2,1H3,(H,15,21)(H,17,18)/b10-7-. The summed E-state index contributed by atoms with van der Waals surface area (Å²) in [5.74, 6) is -0.885. The third kappa shape index (κ3) is 3.38. The molecule has 6 nitrogen and oxygen atoms in total. The van der Waals surface area contributed by atoms with E-state index in [4.69, 9.17) is 22.1 Å². The van der Waals surface area contributed by atoms with Crippen LogP contribution in [0.25, 0.3) is 6.08 Å². The van der Waals surface area contributed by atoms with Crippen LogP contribution in [0.5, 0.6) is 5.75 Å². The molecule has 110 valence electrons. The predicted molar refractivity (Wildman–Crippen MR) is 80.7 cm³/mol. The maximum Gasteiger partial charge on any atom is 0.341 e. The van der Waals surface area contributed by atoms with E-state index >= 15 is 0 Å². The largest absolute Gasteiger partial charge is 0.481 e. The van der Waals surface area contributed by atoms with E-state index < -0.39 is 12.6 Å². The fourth-order valence-corrected chi connectivity index (χ4v) is 2.21. The van der Waals surface area contributed by atoms with Crippen LogP contribution in [0, 0.1) is 0 Å². The number of rotatable bonds is 5. The zero-order chi connectivity index (χ0) is 15.4. The Kier molecular flexibility index (Phi) is 4.54. The van der Waals surface area contributed by atoms with Gasteiger partial charge >= 0.3 is 5.97 Å². The second-order valence-corrected chi connectivity index (χ2v) is 4.64. The zero-order valence-corrected chi connectivity index (χ0v) is 12.1. The lowest BCUT2D eigenvalue weighted by atomic mass is 10.1. The number of carbonyl (C=O) groups is 2. The minimum absolute atomic E-state index is 0.212. The summed E-state index contributed by atoms with van der Waals surface area (Å²) in [4.78, 5) is 24.1. The molecule has 2 rings (SSSR count). The van der Waals surface area contributed by atoms with Crippen LogP contribution < -0.4 is 10.1 Å². The van der Waals surface area contributed by atoms with Gasteiger partial charge in [-0.3, -0.25) is 9.69 Å². The molecule has 1 heterocycles. The maximum absolute atomic E-state index is 12.1. The highest BCUT2D eigenvalue weighted by Crippen LogP contribution is 2.22. The number of carbonyl (C=O) groups excluding carboxylic acids is 1. The van der Waals surface area contributed by atoms with Crippen molar-refractivity contribution < 1.29 is 19.4 Å². The van der Waals surface area contributed by atoms with Gasteiger partial charge in [0.25, 0.3) is 5.91 Å². The van der Waals surface area contributed by atoms with Gasteiger partial charge in [-0.05, 0) is 31.3 Å². The van der Waals surface area contributed by atoms with Gasteiger partial charge in [0.05, 0.1) is 0 Å². The summed E-state index contributed by atoms with van der Waals surface area (Å²) in [6.45, 7) is 1.87. The number of aliphatic carboxylic acids is 1. The molecule has 2 N–H and O–H groups in total. The third-order valence-corrected chi connectivity index (χ3v) is 3.17. The van der Waals surface area contributed by atoms with Crippen LogP contribution in [0.3, 0.4) is 0 Å². The van der Waals surface area contributed by atoms with Crippen molar-refractivity contribution in [2.24, 2.45) is 0 Å². The summed E-state index contributed by atoms with van der Waals surface area (Å²) in [7, 11) is 0. The Morgan fingerprint density at radius 3 is 2.81 bits per heavy atom. The molecular formula is C14H14N2O4S. The number of nitrogens with zero attached hydrogens (tertiary/aromatic N) is 1. The molecule has 0 bridgehead atoms. The van der Waals surface area contributed by atoms with Crippen LogP contribution in [0.15, 0.2) is 30.0 Å². The number of nitrogens with one attached hydrogen (secondary N) is 1. The van der Waals surface area contributed by atoms with Crippen LogP contribution in [0.2, 0.25) is 0 Å². The molecule has 1 aliphatic rings. The summed E-state index contributed by atoms with van der Waals surface area (Å²) in [5.41, 5.74) is 0.948. The summed E-state index contributed by atoms with van der Waals surface area (Å²) in [6, 6.07) is 6.88. The molecule has 0 spiro atoms. The number of hydrogen-bond donors (Lipinski definition) is 2. The van der Waals surface area contributed by atoms with E-state index in [1.807, 2.05) is 6.92 Å². The van der Waals surface area contributed by atoms with Crippen molar-refractivity contribution in [3.63, 3.8) is 0 Å². The number of carboxylic acid groups (broad SMARTS) is 1. The summed E-state index contributed by atoms with van der Waals surface area (Å²) in [5, 5.41) is 11.9. The average molecular weight is 306 g/mol. The number of benzene rings is 1. The monoisotopic (exact) mass is 306 g/mol. The summed E-state index contributed by atoms with van der Waals surface area (Å²) >= 11 is 5.07. The Labute approximate surface area is 127 Å². The molecule has 0 aromatic heterocycles. The average Bonchev–Trinajstić information content (AvgIpc) is 2.72. The number of carboxylic acids is 1. The van der Waals surface area contributed by atoms with Gasteiger partial charge in [0, 0.05) is 12.1 Å². The van der Waals surface area contributed by atoms with Crippen LogP contribution >= 0.6 is 12.2 Å². The number of likely N-dealkylation sites (N-methyl/N-ethyl adjacent to an activating group) is 1. The van der Waals surface area contributed by atoms with Gasteiger partial charge < -0.3 is 15.2 Å². The smallest absolute Gasteiger partial charge is 0.341 e. The molecule has 1 aromatic rings. The van der Waals surface area contributed by atoms with Gasteiger partial charge in [0.15, 0.2) is 11.7 Å². The number of para-hydroxylation sites is 1. The highest BCUT2D eigenvalue weighted by Gasteiger charge is 2.29. The Bertz CT molecular complexity index is 627. The second-order valence-electron chi connectivity index (χ2n) is 4.26. The van der Waals surface area contributed by atoms with Crippen LogP contribution in [0.1, 0.15) is 12.5 Å². The van der Waals surface area contributed by atoms with E-state index in [9.17, 15) is 9.59 Å². The van der Waals surface area contributed by atoms with Gasteiger partial charge in [-0.15, -0.1) is 0 Å². The van der Waals surface area contributed by atoms with Crippen molar-refractivity contribution in [1.82, 2.24) is 10.2 Å². The molecule has 1 saturated heterocycles. The number of amides is 1. The zero-order valence-electron chi connectivity index (χ0n) is 11.3.